The maximum atomic E-state index is 10.5. The molecule has 0 spiro atoms. The topological polar surface area (TPSA) is 125 Å². The molecule has 0 fully saturated rings. The van der Waals surface area contributed by atoms with E-state index in [1.165, 1.54) is 17.7 Å². The van der Waals surface area contributed by atoms with Crippen LogP contribution in [0.3, 0.4) is 0 Å². The Bertz CT molecular complexity index is 684. The van der Waals surface area contributed by atoms with E-state index < -0.39 is 4.92 Å². The zero-order valence-corrected chi connectivity index (χ0v) is 12.0. The van der Waals surface area contributed by atoms with Crippen LogP contribution < -0.4 is 11.5 Å². The molecule has 0 aliphatic carbocycles. The van der Waals surface area contributed by atoms with Gasteiger partial charge in [-0.05, 0) is 13.0 Å². The Labute approximate surface area is 127 Å². The summed E-state index contributed by atoms with van der Waals surface area (Å²) < 4.78 is 0. The van der Waals surface area contributed by atoms with Gasteiger partial charge in [-0.2, -0.15) is 4.99 Å². The number of nitrogens with two attached hydrogens (primary N) is 2. The Kier molecular flexibility index (Phi) is 6.24. The van der Waals surface area contributed by atoms with Crippen molar-refractivity contribution in [3.05, 3.63) is 69.8 Å². The molecule has 0 bridgehead atoms. The number of aryl methyl sites for hydroxylation is 1. The summed E-state index contributed by atoms with van der Waals surface area (Å²) in [5, 5.41) is 10.5. The Morgan fingerprint density at radius 2 is 1.86 bits per heavy atom. The number of nitro groups is 1. The number of rotatable bonds is 3. The molecule has 0 heterocycles. The summed E-state index contributed by atoms with van der Waals surface area (Å²) in [5.74, 6) is -0.147. The Balaban J connectivity index is 0.000000287. The monoisotopic (exact) mass is 300 g/mol. The van der Waals surface area contributed by atoms with Crippen molar-refractivity contribution < 1.29 is 9.72 Å². The minimum atomic E-state index is -0.586. The summed E-state index contributed by atoms with van der Waals surface area (Å²) in [4.78, 5) is 23.2. The third-order valence-corrected chi connectivity index (χ3v) is 2.66. The fourth-order valence-electron chi connectivity index (χ4n) is 1.54. The largest absolute Gasteiger partial charge is 0.398 e. The molecule has 7 nitrogen and oxygen atoms in total. The molecule has 2 aromatic rings. The molecule has 22 heavy (non-hydrogen) atoms. The molecule has 0 aromatic heterocycles. The van der Waals surface area contributed by atoms with Crippen molar-refractivity contribution in [2.75, 3.05) is 5.73 Å². The van der Waals surface area contributed by atoms with Crippen molar-refractivity contribution in [1.29, 1.82) is 0 Å². The molecule has 2 rings (SSSR count). The minimum Gasteiger partial charge on any atom is -0.398 e. The van der Waals surface area contributed by atoms with E-state index in [1.807, 2.05) is 18.2 Å². The molecular weight excluding hydrogens is 284 g/mol. The second kappa shape index (κ2) is 8.15. The summed E-state index contributed by atoms with van der Waals surface area (Å²) in [6, 6.07) is 14.0. The van der Waals surface area contributed by atoms with E-state index in [1.54, 1.807) is 0 Å². The minimum absolute atomic E-state index is 0.147. The van der Waals surface area contributed by atoms with Crippen LogP contribution in [0.1, 0.15) is 11.1 Å². The lowest BCUT2D eigenvalue weighted by molar-refractivity contribution is -0.384. The van der Waals surface area contributed by atoms with Gasteiger partial charge in [-0.15, -0.1) is 0 Å². The fourth-order valence-corrected chi connectivity index (χ4v) is 1.54. The van der Waals surface area contributed by atoms with Crippen molar-refractivity contribution in [2.45, 2.75) is 6.92 Å². The molecule has 114 valence electrons. The first-order chi connectivity index (χ1) is 10.5. The SMILES string of the molecule is Cc1ccccc1.NC(=NC=O)c1cc([N+](=O)[O-])ccc1N. The van der Waals surface area contributed by atoms with Gasteiger partial charge in [0.1, 0.15) is 5.84 Å². The van der Waals surface area contributed by atoms with Gasteiger partial charge in [-0.3, -0.25) is 14.9 Å². The van der Waals surface area contributed by atoms with Crippen LogP contribution in [-0.2, 0) is 4.79 Å². The molecule has 0 radical (unpaired) electrons. The fraction of sp³-hybridized carbons (Fsp3) is 0.0667. The van der Waals surface area contributed by atoms with E-state index in [0.717, 1.165) is 6.07 Å². The number of aliphatic imine (C=N–C) groups is 1. The number of anilines is 1. The molecule has 0 saturated heterocycles. The molecule has 0 unspecified atom stereocenters. The molecule has 1 amide bonds. The van der Waals surface area contributed by atoms with E-state index >= 15 is 0 Å². The summed E-state index contributed by atoms with van der Waals surface area (Å²) in [6.45, 7) is 2.08. The predicted molar refractivity (Wildman–Crippen MR) is 85.5 cm³/mol. The highest BCUT2D eigenvalue weighted by Gasteiger charge is 2.11. The molecule has 0 saturated carbocycles. The van der Waals surface area contributed by atoms with Gasteiger partial charge in [0.2, 0.25) is 6.41 Å². The van der Waals surface area contributed by atoms with Crippen molar-refractivity contribution in [1.82, 2.24) is 0 Å². The van der Waals surface area contributed by atoms with E-state index in [9.17, 15) is 14.9 Å². The number of non-ortho nitro benzene ring substituents is 1. The molecule has 7 heteroatoms. The lowest BCUT2D eigenvalue weighted by Crippen LogP contribution is -2.15. The average Bonchev–Trinajstić information content (AvgIpc) is 2.49. The zero-order chi connectivity index (χ0) is 16.5. The first-order valence-corrected chi connectivity index (χ1v) is 6.28. The maximum Gasteiger partial charge on any atom is 0.270 e. The third-order valence-electron chi connectivity index (χ3n) is 2.66. The Hall–Kier alpha value is -3.22. The summed E-state index contributed by atoms with van der Waals surface area (Å²) in [5.41, 5.74) is 12.5. The lowest BCUT2D eigenvalue weighted by Gasteiger charge is -2.03. The summed E-state index contributed by atoms with van der Waals surface area (Å²) in [6.07, 6.45) is 0.244. The standard InChI is InChI=1S/C8H8N4O3.C7H8/c9-7-2-1-5(12(14)15)3-6(7)8(10)11-4-13;1-7-5-3-2-4-6-7/h1-4H,9H2,(H2,10,11,13);2-6H,1H3. The van der Waals surface area contributed by atoms with Crippen LogP contribution in [0.25, 0.3) is 0 Å². The van der Waals surface area contributed by atoms with Crippen LogP contribution in [0, 0.1) is 17.0 Å². The number of carbonyl (C=O) groups is 1. The van der Waals surface area contributed by atoms with Gasteiger partial charge in [0.05, 0.1) is 4.92 Å². The molecule has 2 aromatic carbocycles. The molecule has 0 atom stereocenters. The van der Waals surface area contributed by atoms with Crippen LogP contribution in [0.5, 0.6) is 0 Å². The Morgan fingerprint density at radius 1 is 1.23 bits per heavy atom. The smallest absolute Gasteiger partial charge is 0.270 e. The normalized spacial score (nSPS) is 10.3. The van der Waals surface area contributed by atoms with Crippen molar-refractivity contribution >= 4 is 23.6 Å². The van der Waals surface area contributed by atoms with E-state index in [2.05, 4.69) is 24.0 Å². The van der Waals surface area contributed by atoms with Gasteiger partial charge < -0.3 is 11.5 Å². The Morgan fingerprint density at radius 3 is 2.32 bits per heavy atom. The number of nitrogen functional groups attached to an aromatic ring is 1. The van der Waals surface area contributed by atoms with Gasteiger partial charge in [0.15, 0.2) is 0 Å². The van der Waals surface area contributed by atoms with Crippen LogP contribution >= 0.6 is 0 Å². The quantitative estimate of drug-likeness (QED) is 0.224. The van der Waals surface area contributed by atoms with Crippen LogP contribution in [-0.4, -0.2) is 17.2 Å². The number of benzene rings is 2. The highest BCUT2D eigenvalue weighted by atomic mass is 16.6. The highest BCUT2D eigenvalue weighted by Crippen LogP contribution is 2.19. The molecule has 0 aliphatic rings. The van der Waals surface area contributed by atoms with Gasteiger partial charge >= 0.3 is 0 Å². The molecular formula is C15H16N4O3. The first-order valence-electron chi connectivity index (χ1n) is 6.28. The van der Waals surface area contributed by atoms with Crippen LogP contribution in [0.2, 0.25) is 0 Å². The second-order valence-corrected chi connectivity index (χ2v) is 4.30. The molecule has 4 N–H and O–H groups in total. The van der Waals surface area contributed by atoms with Gasteiger partial charge in [-0.25, -0.2) is 0 Å². The van der Waals surface area contributed by atoms with E-state index in [4.69, 9.17) is 11.5 Å². The number of nitro benzene ring substituents is 1. The van der Waals surface area contributed by atoms with Gasteiger partial charge in [-0.1, -0.05) is 35.9 Å². The number of amidine groups is 1. The van der Waals surface area contributed by atoms with Crippen LogP contribution in [0.15, 0.2) is 53.5 Å². The number of hydrogen-bond donors (Lipinski definition) is 2. The van der Waals surface area contributed by atoms with E-state index in [-0.39, 0.29) is 29.2 Å². The van der Waals surface area contributed by atoms with Gasteiger partial charge in [0.25, 0.3) is 5.69 Å². The van der Waals surface area contributed by atoms with Crippen molar-refractivity contribution in [3.63, 3.8) is 0 Å². The summed E-state index contributed by atoms with van der Waals surface area (Å²) >= 11 is 0. The third kappa shape index (κ3) is 5.04. The number of carbonyl (C=O) groups excluding carboxylic acids is 1. The molecule has 0 aliphatic heterocycles. The average molecular weight is 300 g/mol. The first kappa shape index (κ1) is 16.8. The lowest BCUT2D eigenvalue weighted by atomic mass is 10.1. The van der Waals surface area contributed by atoms with Crippen molar-refractivity contribution in [2.24, 2.45) is 10.7 Å². The van der Waals surface area contributed by atoms with E-state index in [0.29, 0.717) is 0 Å². The van der Waals surface area contributed by atoms with Crippen molar-refractivity contribution in [3.8, 4) is 0 Å². The highest BCUT2D eigenvalue weighted by molar-refractivity contribution is 6.05. The predicted octanol–water partition coefficient (Wildman–Crippen LogP) is 2.03. The second-order valence-electron chi connectivity index (χ2n) is 4.30. The number of hydrogen-bond acceptors (Lipinski definition) is 4. The van der Waals surface area contributed by atoms with Gasteiger partial charge in [0, 0.05) is 23.4 Å². The number of amides is 1. The zero-order valence-electron chi connectivity index (χ0n) is 12.0. The maximum absolute atomic E-state index is 10.5. The summed E-state index contributed by atoms with van der Waals surface area (Å²) in [7, 11) is 0. The number of nitrogens with zero attached hydrogens (tertiary/aromatic N) is 2. The van der Waals surface area contributed by atoms with Crippen LogP contribution in [0.4, 0.5) is 11.4 Å².